The molecule has 8 nitrogen and oxygen atoms in total. The van der Waals surface area contributed by atoms with Crippen molar-refractivity contribution in [2.45, 2.75) is 51.8 Å². The zero-order valence-corrected chi connectivity index (χ0v) is 17.1. The summed E-state index contributed by atoms with van der Waals surface area (Å²) in [6, 6.07) is 6.98. The molecule has 3 heterocycles. The number of hydrogen-bond acceptors (Lipinski definition) is 4. The fourth-order valence-electron chi connectivity index (χ4n) is 4.02. The van der Waals surface area contributed by atoms with E-state index in [1.165, 1.54) is 0 Å². The number of carbonyl (C=O) groups is 2. The van der Waals surface area contributed by atoms with E-state index in [2.05, 4.69) is 15.6 Å². The molecule has 1 fully saturated rings. The lowest BCUT2D eigenvalue weighted by Gasteiger charge is -2.26. The Kier molecular flexibility index (Phi) is 5.71. The molecule has 3 amide bonds. The van der Waals surface area contributed by atoms with Crippen molar-refractivity contribution < 1.29 is 14.3 Å². The van der Waals surface area contributed by atoms with Gasteiger partial charge in [-0.05, 0) is 30.9 Å². The van der Waals surface area contributed by atoms with Crippen molar-refractivity contribution in [2.24, 2.45) is 5.92 Å². The average molecular weight is 399 g/mol. The second-order valence-electron chi connectivity index (χ2n) is 7.90. The fraction of sp³-hybridized carbons (Fsp3) is 0.571. The van der Waals surface area contributed by atoms with Gasteiger partial charge >= 0.3 is 6.03 Å². The summed E-state index contributed by atoms with van der Waals surface area (Å²) in [5, 5.41) is 5.91. The lowest BCUT2D eigenvalue weighted by atomic mass is 9.98. The van der Waals surface area contributed by atoms with E-state index < -0.39 is 6.04 Å². The minimum Gasteiger partial charge on any atom is -0.376 e. The lowest BCUT2D eigenvalue weighted by molar-refractivity contribution is -0.124. The minimum absolute atomic E-state index is 0.0184. The summed E-state index contributed by atoms with van der Waals surface area (Å²) in [4.78, 5) is 32.1. The van der Waals surface area contributed by atoms with E-state index in [0.717, 1.165) is 36.9 Å². The van der Waals surface area contributed by atoms with Gasteiger partial charge in [-0.3, -0.25) is 9.69 Å². The van der Waals surface area contributed by atoms with Crippen LogP contribution in [-0.4, -0.2) is 53.3 Å². The smallest absolute Gasteiger partial charge is 0.324 e. The molecule has 3 atom stereocenters. The highest BCUT2D eigenvalue weighted by Crippen LogP contribution is 2.27. The molecule has 4 rings (SSSR count). The van der Waals surface area contributed by atoms with Crippen LogP contribution in [-0.2, 0) is 16.1 Å². The van der Waals surface area contributed by atoms with Gasteiger partial charge in [0.05, 0.1) is 17.1 Å². The van der Waals surface area contributed by atoms with Gasteiger partial charge in [0.1, 0.15) is 6.04 Å². The molecule has 2 N–H and O–H groups in total. The lowest BCUT2D eigenvalue weighted by Crippen LogP contribution is -2.54. The molecule has 0 aliphatic carbocycles. The fourth-order valence-corrected chi connectivity index (χ4v) is 4.02. The van der Waals surface area contributed by atoms with Crippen molar-refractivity contribution in [1.82, 2.24) is 20.2 Å². The van der Waals surface area contributed by atoms with Crippen LogP contribution in [0.2, 0.25) is 0 Å². The summed E-state index contributed by atoms with van der Waals surface area (Å²) in [6.45, 7) is 6.48. The Hall–Kier alpha value is -2.61. The number of amides is 3. The van der Waals surface area contributed by atoms with Gasteiger partial charge in [-0.2, -0.15) is 0 Å². The van der Waals surface area contributed by atoms with Gasteiger partial charge in [-0.15, -0.1) is 0 Å². The zero-order chi connectivity index (χ0) is 20.4. The summed E-state index contributed by atoms with van der Waals surface area (Å²) in [5.74, 6) is 0.493. The van der Waals surface area contributed by atoms with Crippen LogP contribution in [0.5, 0.6) is 0 Å². The molecule has 0 spiro atoms. The van der Waals surface area contributed by atoms with E-state index in [-0.39, 0.29) is 24.0 Å². The predicted octanol–water partition coefficient (Wildman–Crippen LogP) is 2.28. The highest BCUT2D eigenvalue weighted by molar-refractivity contribution is 5.96. The number of ether oxygens (including phenoxy) is 1. The molecule has 0 bridgehead atoms. The van der Waals surface area contributed by atoms with E-state index in [9.17, 15) is 9.59 Å². The number of anilines is 1. The third kappa shape index (κ3) is 3.94. The molecule has 2 aliphatic rings. The molecule has 156 valence electrons. The SMILES string of the molecule is CC[C@@H](C)[C@H](NC(=O)N1CCn2c1nc1ccccc12)C(=O)NC[C@H]1CCCO1. The van der Waals surface area contributed by atoms with Crippen molar-refractivity contribution in [3.63, 3.8) is 0 Å². The maximum atomic E-state index is 13.0. The Morgan fingerprint density at radius 1 is 1.31 bits per heavy atom. The predicted molar refractivity (Wildman–Crippen MR) is 111 cm³/mol. The highest BCUT2D eigenvalue weighted by Gasteiger charge is 2.33. The van der Waals surface area contributed by atoms with Crippen LogP contribution in [0.4, 0.5) is 10.7 Å². The van der Waals surface area contributed by atoms with Crippen molar-refractivity contribution in [3.05, 3.63) is 24.3 Å². The molecule has 0 radical (unpaired) electrons. The Bertz CT molecular complexity index is 890. The maximum absolute atomic E-state index is 13.0. The van der Waals surface area contributed by atoms with Gasteiger partial charge in [-0.1, -0.05) is 32.4 Å². The average Bonchev–Trinajstić information content (AvgIpc) is 3.46. The van der Waals surface area contributed by atoms with Crippen LogP contribution in [0.1, 0.15) is 33.1 Å². The standard InChI is InChI=1S/C21H29N5O3/c1-3-14(2)18(19(27)22-13-15-7-6-12-29-15)24-21(28)26-11-10-25-17-9-5-4-8-16(17)23-20(25)26/h4-5,8-9,14-15,18H,3,6-7,10-13H2,1-2H3,(H,22,27)(H,24,28)/t14-,15-,18+/m1/s1. The molecule has 0 unspecified atom stereocenters. The number of carbonyl (C=O) groups excluding carboxylic acids is 2. The second-order valence-corrected chi connectivity index (χ2v) is 7.90. The van der Waals surface area contributed by atoms with Gasteiger partial charge in [-0.25, -0.2) is 9.78 Å². The van der Waals surface area contributed by atoms with Crippen LogP contribution >= 0.6 is 0 Å². The number of fused-ring (bicyclic) bond motifs is 3. The van der Waals surface area contributed by atoms with E-state index in [1.54, 1.807) is 4.90 Å². The molecule has 8 heteroatoms. The summed E-state index contributed by atoms with van der Waals surface area (Å²) < 4.78 is 7.63. The monoisotopic (exact) mass is 399 g/mol. The van der Waals surface area contributed by atoms with Crippen LogP contribution in [0.3, 0.4) is 0 Å². The number of imidazole rings is 1. The first-order valence-electron chi connectivity index (χ1n) is 10.5. The summed E-state index contributed by atoms with van der Waals surface area (Å²) in [6.07, 6.45) is 2.86. The normalized spacial score (nSPS) is 20.5. The molecule has 0 saturated carbocycles. The molecule has 2 aromatic rings. The number of aromatic nitrogens is 2. The Morgan fingerprint density at radius 3 is 2.90 bits per heavy atom. The molecular weight excluding hydrogens is 370 g/mol. The third-order valence-corrected chi connectivity index (χ3v) is 5.97. The quantitative estimate of drug-likeness (QED) is 0.780. The third-order valence-electron chi connectivity index (χ3n) is 5.97. The molecule has 1 aromatic carbocycles. The zero-order valence-electron chi connectivity index (χ0n) is 17.1. The number of para-hydroxylation sites is 2. The number of nitrogens with one attached hydrogen (secondary N) is 2. The number of urea groups is 1. The van der Waals surface area contributed by atoms with E-state index in [0.29, 0.717) is 25.6 Å². The molecule has 1 saturated heterocycles. The Morgan fingerprint density at radius 2 is 2.14 bits per heavy atom. The Labute approximate surface area is 170 Å². The molecule has 1 aromatic heterocycles. The maximum Gasteiger partial charge on any atom is 0.324 e. The summed E-state index contributed by atoms with van der Waals surface area (Å²) in [5.41, 5.74) is 1.89. The highest BCUT2D eigenvalue weighted by atomic mass is 16.5. The van der Waals surface area contributed by atoms with Crippen molar-refractivity contribution in [3.8, 4) is 0 Å². The first kappa shape index (κ1) is 19.7. The minimum atomic E-state index is -0.590. The first-order chi connectivity index (χ1) is 14.1. The topological polar surface area (TPSA) is 88.5 Å². The van der Waals surface area contributed by atoms with Crippen molar-refractivity contribution in [1.29, 1.82) is 0 Å². The molecular formula is C21H29N5O3. The number of benzene rings is 1. The van der Waals surface area contributed by atoms with E-state index in [1.807, 2.05) is 42.7 Å². The van der Waals surface area contributed by atoms with Crippen LogP contribution in [0, 0.1) is 5.92 Å². The van der Waals surface area contributed by atoms with Crippen LogP contribution in [0.25, 0.3) is 11.0 Å². The molecule has 2 aliphatic heterocycles. The first-order valence-corrected chi connectivity index (χ1v) is 10.5. The number of hydrogen-bond donors (Lipinski definition) is 2. The van der Waals surface area contributed by atoms with E-state index in [4.69, 9.17) is 4.74 Å². The second kappa shape index (κ2) is 8.41. The van der Waals surface area contributed by atoms with Gasteiger partial charge < -0.3 is 19.9 Å². The largest absolute Gasteiger partial charge is 0.376 e. The van der Waals surface area contributed by atoms with Crippen molar-refractivity contribution >= 4 is 28.9 Å². The van der Waals surface area contributed by atoms with Gasteiger partial charge in [0, 0.05) is 26.2 Å². The Balaban J connectivity index is 1.45. The number of nitrogens with zero attached hydrogens (tertiary/aromatic N) is 3. The van der Waals surface area contributed by atoms with Gasteiger partial charge in [0.2, 0.25) is 11.9 Å². The summed E-state index contributed by atoms with van der Waals surface area (Å²) >= 11 is 0. The number of rotatable bonds is 6. The van der Waals surface area contributed by atoms with E-state index >= 15 is 0 Å². The van der Waals surface area contributed by atoms with Gasteiger partial charge in [0.25, 0.3) is 0 Å². The summed E-state index contributed by atoms with van der Waals surface area (Å²) in [7, 11) is 0. The van der Waals surface area contributed by atoms with Gasteiger partial charge in [0.15, 0.2) is 0 Å². The van der Waals surface area contributed by atoms with Crippen molar-refractivity contribution in [2.75, 3.05) is 24.6 Å². The molecule has 29 heavy (non-hydrogen) atoms. The van der Waals surface area contributed by atoms with Crippen LogP contribution in [0.15, 0.2) is 24.3 Å². The van der Waals surface area contributed by atoms with Crippen LogP contribution < -0.4 is 15.5 Å².